The molecule has 1 fully saturated rings. The summed E-state index contributed by atoms with van der Waals surface area (Å²) in [6, 6.07) is 7.25. The minimum atomic E-state index is -0.140. The van der Waals surface area contributed by atoms with E-state index in [-0.39, 0.29) is 17.6 Å². The lowest BCUT2D eigenvalue weighted by Gasteiger charge is -2.27. The molecule has 1 aliphatic carbocycles. The molecular weight excluding hydrogens is 276 g/mol. The normalized spacial score (nSPS) is 22.3. The Hall–Kier alpha value is -0.955. The van der Waals surface area contributed by atoms with Crippen molar-refractivity contribution in [3.8, 4) is 10.4 Å². The van der Waals surface area contributed by atoms with Crippen molar-refractivity contribution in [2.24, 2.45) is 0 Å². The molecule has 2 aromatic rings. The van der Waals surface area contributed by atoms with Crippen molar-refractivity contribution in [1.82, 2.24) is 0 Å². The van der Waals surface area contributed by atoms with Crippen LogP contribution in [0.4, 0.5) is 4.39 Å². The molecule has 0 N–H and O–H groups in total. The van der Waals surface area contributed by atoms with Gasteiger partial charge in [0.1, 0.15) is 21.5 Å². The fraction of sp³-hybridized carbons (Fsp3) is 0.375. The second-order valence-corrected chi connectivity index (χ2v) is 6.86. The third-order valence-electron chi connectivity index (χ3n) is 4.29. The highest BCUT2D eigenvalue weighted by molar-refractivity contribution is 7.24. The fourth-order valence-corrected chi connectivity index (χ4v) is 3.85. The van der Waals surface area contributed by atoms with Gasteiger partial charge in [-0.25, -0.2) is 4.39 Å². The fourth-order valence-electron chi connectivity index (χ4n) is 3.00. The predicted molar refractivity (Wildman–Crippen MR) is 91.2 cm³/mol. The maximum Gasteiger partial charge on any atom is 0.128 e. The van der Waals surface area contributed by atoms with E-state index < -0.39 is 0 Å². The van der Waals surface area contributed by atoms with Gasteiger partial charge in [-0.2, -0.15) is 11.3 Å². The Labute approximate surface area is 133 Å². The van der Waals surface area contributed by atoms with Crippen LogP contribution >= 0.6 is 11.3 Å². The van der Waals surface area contributed by atoms with Crippen molar-refractivity contribution >= 4 is 45.1 Å². The first kappa shape index (κ1) is 15.0. The average Bonchev–Trinajstić information content (AvgIpc) is 2.80. The lowest BCUT2D eigenvalue weighted by Crippen LogP contribution is -2.18. The van der Waals surface area contributed by atoms with Crippen molar-refractivity contribution < 1.29 is 4.39 Å². The number of benzene rings is 1. The van der Waals surface area contributed by atoms with E-state index in [1.807, 2.05) is 12.1 Å². The number of rotatable bonds is 2. The van der Waals surface area contributed by atoms with Gasteiger partial charge in [0.05, 0.1) is 7.85 Å². The van der Waals surface area contributed by atoms with Crippen molar-refractivity contribution in [2.75, 3.05) is 0 Å². The summed E-state index contributed by atoms with van der Waals surface area (Å²) in [6.07, 6.45) is 3.89. The molecule has 0 unspecified atom stereocenters. The van der Waals surface area contributed by atoms with Crippen molar-refractivity contribution in [2.45, 2.75) is 37.4 Å². The molecule has 1 aliphatic rings. The van der Waals surface area contributed by atoms with Crippen LogP contribution in [-0.2, 0) is 0 Å². The molecule has 100 valence electrons. The highest BCUT2D eigenvalue weighted by Gasteiger charge is 2.22. The summed E-state index contributed by atoms with van der Waals surface area (Å²) in [4.78, 5) is 0.904. The summed E-state index contributed by atoms with van der Waals surface area (Å²) in [5.74, 6) is 0.427. The van der Waals surface area contributed by atoms with E-state index in [0.717, 1.165) is 41.7 Å². The summed E-state index contributed by atoms with van der Waals surface area (Å²) in [6.45, 7) is 0. The van der Waals surface area contributed by atoms with Gasteiger partial charge in [-0.05, 0) is 36.0 Å². The zero-order valence-electron chi connectivity index (χ0n) is 11.8. The van der Waals surface area contributed by atoms with Crippen LogP contribution in [0.25, 0.3) is 10.4 Å². The Morgan fingerprint density at radius 3 is 2.33 bits per heavy atom. The number of halogens is 1. The Bertz CT molecular complexity index is 625. The van der Waals surface area contributed by atoms with Crippen LogP contribution in [0.2, 0.25) is 5.82 Å². The molecule has 1 aromatic carbocycles. The predicted octanol–water partition coefficient (Wildman–Crippen LogP) is 2.76. The zero-order chi connectivity index (χ0) is 15.0. The van der Waals surface area contributed by atoms with Gasteiger partial charge in [-0.1, -0.05) is 47.1 Å². The number of thiophene rings is 1. The molecule has 0 amide bonds. The van der Waals surface area contributed by atoms with Gasteiger partial charge >= 0.3 is 0 Å². The van der Waals surface area contributed by atoms with Crippen LogP contribution in [0.3, 0.4) is 0 Å². The lowest BCUT2D eigenvalue weighted by molar-refractivity contribution is 0.430. The second kappa shape index (κ2) is 6.04. The van der Waals surface area contributed by atoms with Crippen molar-refractivity contribution in [3.05, 3.63) is 35.6 Å². The molecule has 1 aromatic heterocycles. The Balaban J connectivity index is 1.86. The summed E-state index contributed by atoms with van der Waals surface area (Å²) < 4.78 is 15.0. The molecule has 6 radical (unpaired) electrons. The SMILES string of the molecule is [B]c1cc(-c2ccc(C3CCC([B])CC3)c(F)c2)sc1[B]. The highest BCUT2D eigenvalue weighted by Crippen LogP contribution is 2.38. The van der Waals surface area contributed by atoms with Crippen LogP contribution < -0.4 is 10.2 Å². The topological polar surface area (TPSA) is 0 Å². The maximum absolute atomic E-state index is 14.4. The van der Waals surface area contributed by atoms with Gasteiger partial charge in [-0.15, -0.1) is 0 Å². The highest BCUT2D eigenvalue weighted by atomic mass is 32.1. The van der Waals surface area contributed by atoms with Gasteiger partial charge in [0.15, 0.2) is 0 Å². The largest absolute Gasteiger partial charge is 0.207 e. The standard InChI is InChI=1S/C16H14B3FS/c17-11-4-1-9(2-5-11)12-6-3-10(7-14(12)20)15-8-13(18)16(19)21-15/h3,6-9,11H,1-2,4-5H2. The molecule has 1 heterocycles. The van der Waals surface area contributed by atoms with E-state index in [1.165, 1.54) is 11.3 Å². The Morgan fingerprint density at radius 1 is 1.05 bits per heavy atom. The van der Waals surface area contributed by atoms with Crippen molar-refractivity contribution in [3.63, 3.8) is 0 Å². The average molecular weight is 290 g/mol. The molecule has 0 saturated heterocycles. The summed E-state index contributed by atoms with van der Waals surface area (Å²) in [7, 11) is 17.4. The zero-order valence-corrected chi connectivity index (χ0v) is 12.6. The van der Waals surface area contributed by atoms with Crippen LogP contribution in [-0.4, -0.2) is 23.5 Å². The van der Waals surface area contributed by atoms with Gasteiger partial charge in [0, 0.05) is 4.88 Å². The summed E-state index contributed by atoms with van der Waals surface area (Å²) in [5, 5.41) is 0. The number of hydrogen-bond acceptors (Lipinski definition) is 1. The van der Waals surface area contributed by atoms with E-state index in [2.05, 4.69) is 0 Å². The molecule has 5 heteroatoms. The van der Waals surface area contributed by atoms with Gasteiger partial charge < -0.3 is 0 Å². The molecule has 0 aliphatic heterocycles. The van der Waals surface area contributed by atoms with E-state index >= 15 is 0 Å². The van der Waals surface area contributed by atoms with E-state index in [9.17, 15) is 4.39 Å². The second-order valence-electron chi connectivity index (χ2n) is 5.78. The van der Waals surface area contributed by atoms with Crippen LogP contribution in [0, 0.1) is 5.82 Å². The maximum atomic E-state index is 14.4. The van der Waals surface area contributed by atoms with Crippen molar-refractivity contribution in [1.29, 1.82) is 0 Å². The Morgan fingerprint density at radius 2 is 1.76 bits per heavy atom. The molecule has 0 spiro atoms. The molecule has 21 heavy (non-hydrogen) atoms. The smallest absolute Gasteiger partial charge is 0.128 e. The first-order valence-corrected chi connectivity index (χ1v) is 8.06. The van der Waals surface area contributed by atoms with E-state index in [4.69, 9.17) is 23.5 Å². The molecule has 0 bridgehead atoms. The first-order chi connectivity index (χ1) is 10.0. The third-order valence-corrected chi connectivity index (χ3v) is 5.32. The first-order valence-electron chi connectivity index (χ1n) is 7.24. The quantitative estimate of drug-likeness (QED) is 0.746. The monoisotopic (exact) mass is 290 g/mol. The van der Waals surface area contributed by atoms with Gasteiger partial charge in [-0.3, -0.25) is 0 Å². The summed E-state index contributed by atoms with van der Waals surface area (Å²) >= 11 is 1.39. The van der Waals surface area contributed by atoms with Crippen LogP contribution in [0.15, 0.2) is 24.3 Å². The van der Waals surface area contributed by atoms with Gasteiger partial charge in [0.25, 0.3) is 0 Å². The lowest BCUT2D eigenvalue weighted by atomic mass is 9.70. The van der Waals surface area contributed by atoms with Gasteiger partial charge in [0.2, 0.25) is 0 Å². The van der Waals surface area contributed by atoms with Crippen LogP contribution in [0.5, 0.6) is 0 Å². The molecular formula is C16H14B3FS. The van der Waals surface area contributed by atoms with Crippen LogP contribution in [0.1, 0.15) is 37.2 Å². The molecule has 3 rings (SSSR count). The molecule has 0 atom stereocenters. The van der Waals surface area contributed by atoms with E-state index in [0.29, 0.717) is 10.2 Å². The summed E-state index contributed by atoms with van der Waals surface area (Å²) in [5.41, 5.74) is 2.20. The third kappa shape index (κ3) is 3.13. The molecule has 0 nitrogen and oxygen atoms in total. The number of hydrogen-bond donors (Lipinski definition) is 0. The minimum Gasteiger partial charge on any atom is -0.207 e. The minimum absolute atomic E-state index is 0.140. The molecule has 1 saturated carbocycles. The van der Waals surface area contributed by atoms with E-state index in [1.54, 1.807) is 12.1 Å². The Kier molecular flexibility index (Phi) is 4.30.